The van der Waals surface area contributed by atoms with Gasteiger partial charge in [-0.3, -0.25) is 38.6 Å². The number of nitrogens with one attached hydrogen (secondary N) is 6. The van der Waals surface area contributed by atoms with Gasteiger partial charge in [0.15, 0.2) is 5.96 Å². The van der Waals surface area contributed by atoms with Crippen LogP contribution in [-0.4, -0.2) is 149 Å². The number of carbonyl (C=O) groups is 9. The van der Waals surface area contributed by atoms with E-state index in [0.717, 1.165) is 10.5 Å². The van der Waals surface area contributed by atoms with Gasteiger partial charge in [-0.05, 0) is 68.9 Å². The van der Waals surface area contributed by atoms with Crippen molar-refractivity contribution in [3.8, 4) is 0 Å². The third-order valence-electron chi connectivity index (χ3n) is 12.5. The molecular weight excluding hydrogens is 977 g/mol. The van der Waals surface area contributed by atoms with Gasteiger partial charge in [0, 0.05) is 33.0 Å². The van der Waals surface area contributed by atoms with Crippen LogP contribution >= 0.6 is 11.8 Å². The Hall–Kier alpha value is -6.75. The normalized spacial score (nSPS) is 24.8. The summed E-state index contributed by atoms with van der Waals surface area (Å²) in [5.74, 6) is -12.1. The monoisotopic (exact) mass is 1050 g/mol. The van der Waals surface area contributed by atoms with Gasteiger partial charge in [-0.15, -0.1) is 0 Å². The maximum Gasteiger partial charge on any atom is 0.327 e. The first-order valence-corrected chi connectivity index (χ1v) is 25.9. The number of likely N-dealkylation sites (N-methyl/N-ethyl adjacent to an activating group) is 1. The summed E-state index contributed by atoms with van der Waals surface area (Å²) < 4.78 is 5.82. The van der Waals surface area contributed by atoms with Gasteiger partial charge in [0.05, 0.1) is 24.0 Å². The lowest BCUT2D eigenvalue weighted by Crippen LogP contribution is -2.59. The molecule has 0 spiro atoms. The first kappa shape index (κ1) is 63.4. The van der Waals surface area contributed by atoms with Crippen LogP contribution < -0.4 is 43.4 Å². The molecule has 1 fully saturated rings. The second kappa shape index (κ2) is 31.8. The van der Waals surface area contributed by atoms with Crippen LogP contribution in [0.15, 0.2) is 71.4 Å². The molecule has 0 aromatic heterocycles. The zero-order chi connectivity index (χ0) is 55.8. The van der Waals surface area contributed by atoms with Crippen LogP contribution in [0.1, 0.15) is 85.6 Å². The number of hydrogen-bond acceptors (Lipinski definition) is 12. The Balaban J connectivity index is 2.77. The van der Waals surface area contributed by atoms with Crippen LogP contribution in [0.25, 0.3) is 0 Å². The molecule has 0 bridgehead atoms. The highest BCUT2D eigenvalue weighted by Gasteiger charge is 2.38. The number of carboxylic acids is 2. The molecule has 0 saturated carbocycles. The molecule has 1 aromatic carbocycles. The van der Waals surface area contributed by atoms with Crippen LogP contribution in [0.4, 0.5) is 0 Å². The number of amides is 7. The third kappa shape index (κ3) is 21.4. The van der Waals surface area contributed by atoms with Crippen LogP contribution in [-0.2, 0) is 54.3 Å². The molecule has 74 heavy (non-hydrogen) atoms. The number of nitrogens with two attached hydrogens (primary N) is 2. The summed E-state index contributed by atoms with van der Waals surface area (Å²) in [6, 6.07) is 1.04. The number of rotatable bonds is 18. The van der Waals surface area contributed by atoms with Crippen LogP contribution in [0.3, 0.4) is 0 Å². The summed E-state index contributed by atoms with van der Waals surface area (Å²) in [4.78, 5) is 128. The molecule has 1 aromatic rings. The molecule has 1 saturated heterocycles. The number of carbonyl (C=O) groups excluding carboxylic acids is 7. The predicted molar refractivity (Wildman–Crippen MR) is 282 cm³/mol. The van der Waals surface area contributed by atoms with Gasteiger partial charge in [0.25, 0.3) is 5.91 Å². The molecule has 0 aliphatic carbocycles. The molecule has 10 atom stereocenters. The van der Waals surface area contributed by atoms with E-state index in [-0.39, 0.29) is 56.1 Å². The first-order chi connectivity index (χ1) is 34.8. The minimum atomic E-state index is -1.89. The fourth-order valence-electron chi connectivity index (χ4n) is 7.83. The van der Waals surface area contributed by atoms with Gasteiger partial charge in [-0.1, -0.05) is 95.3 Å². The summed E-state index contributed by atoms with van der Waals surface area (Å²) in [7, 11) is 2.85. The fourth-order valence-corrected chi connectivity index (χ4v) is 8.30. The van der Waals surface area contributed by atoms with E-state index in [4.69, 9.17) is 16.2 Å². The van der Waals surface area contributed by atoms with Crippen molar-refractivity contribution in [3.05, 3.63) is 72.0 Å². The summed E-state index contributed by atoms with van der Waals surface area (Å²) in [6.07, 6.45) is 6.47. The Bertz CT molecular complexity index is 2220. The second-order valence-electron chi connectivity index (χ2n) is 18.9. The fraction of sp³-hybridized carbons (Fsp3) is 0.569. The van der Waals surface area contributed by atoms with E-state index in [1.807, 2.05) is 43.3 Å². The van der Waals surface area contributed by atoms with Gasteiger partial charge in [0.1, 0.15) is 35.9 Å². The minimum absolute atomic E-state index is 0.00893. The standard InChI is InChI=1S/C51H78N10O12S/c1-28(2)25-39-48(68)57-37(22-24-74-10)47(67)60-42(50(71)72)32(6)44(64)56-36(17-14-23-54-51(52)53)46(66)55-35(19-18-29(3)26-30(4)40(73-9)27-34-15-12-11-13-16-34)31(5)43(63)58-38(49(69)70)20-21-41(62)61(8)33(7)45(65)59-39/h11-13,15-16,18-19,26,28,30-32,35-40,42H,7,14,17,20-25,27H2,1-6,8-10H3,(H,55,66)(H,56,64)(H,57,68)(H,58,63)(H,59,65)(H,60,67)(H,69,70)(H,71,72)(H4,52,53,54)/b19-18+,29-26+/t30-,31-,32-,35-,36-,37-,38+,39+,40-,42+/m0/s1. The summed E-state index contributed by atoms with van der Waals surface area (Å²) >= 11 is 1.34. The Kier molecular flexibility index (Phi) is 27.2. The van der Waals surface area contributed by atoms with E-state index in [0.29, 0.717) is 17.7 Å². The number of hydrogen-bond donors (Lipinski definition) is 10. The van der Waals surface area contributed by atoms with E-state index in [2.05, 4.69) is 43.5 Å². The predicted octanol–water partition coefficient (Wildman–Crippen LogP) is 1.35. The number of guanidine groups is 1. The average molecular weight is 1060 g/mol. The molecule has 1 aliphatic heterocycles. The lowest BCUT2D eigenvalue weighted by molar-refractivity contribution is -0.146. The molecule has 23 heteroatoms. The van der Waals surface area contributed by atoms with Crippen molar-refractivity contribution < 1.29 is 58.1 Å². The molecule has 410 valence electrons. The van der Waals surface area contributed by atoms with Crippen molar-refractivity contribution in [2.45, 2.75) is 129 Å². The number of aliphatic imine (C=N–C) groups is 1. The second-order valence-corrected chi connectivity index (χ2v) is 19.9. The van der Waals surface area contributed by atoms with Crippen molar-refractivity contribution in [2.24, 2.45) is 40.1 Å². The van der Waals surface area contributed by atoms with E-state index in [9.17, 15) is 53.4 Å². The number of thioether (sulfide) groups is 1. The molecule has 1 heterocycles. The Morgan fingerprint density at radius 1 is 0.851 bits per heavy atom. The molecule has 0 unspecified atom stereocenters. The summed E-state index contributed by atoms with van der Waals surface area (Å²) in [5.41, 5.74) is 12.4. The van der Waals surface area contributed by atoms with E-state index < -0.39 is 120 Å². The van der Waals surface area contributed by atoms with Crippen LogP contribution in [0.2, 0.25) is 0 Å². The number of nitrogens with zero attached hydrogens (tertiary/aromatic N) is 2. The quantitative estimate of drug-likeness (QED) is 0.0326. The van der Waals surface area contributed by atoms with Gasteiger partial charge in [-0.25, -0.2) is 9.59 Å². The lowest BCUT2D eigenvalue weighted by atomic mass is 9.94. The van der Waals surface area contributed by atoms with E-state index >= 15 is 0 Å². The van der Waals surface area contributed by atoms with Gasteiger partial charge in [0.2, 0.25) is 35.4 Å². The molecule has 12 N–H and O–H groups in total. The number of ether oxygens (including phenoxy) is 1. The van der Waals surface area contributed by atoms with Crippen molar-refractivity contribution >= 4 is 71.0 Å². The topological polar surface area (TPSA) is 343 Å². The maximum atomic E-state index is 14.4. The van der Waals surface area contributed by atoms with Gasteiger partial charge >= 0.3 is 11.9 Å². The zero-order valence-electron chi connectivity index (χ0n) is 44.0. The summed E-state index contributed by atoms with van der Waals surface area (Å²) in [5, 5.41) is 36.0. The molecular formula is C51H78N10O12S. The number of aliphatic carboxylic acids is 2. The number of benzene rings is 1. The van der Waals surface area contributed by atoms with Crippen molar-refractivity contribution in [1.29, 1.82) is 0 Å². The molecule has 7 amide bonds. The first-order valence-electron chi connectivity index (χ1n) is 24.5. The van der Waals surface area contributed by atoms with E-state index in [1.54, 1.807) is 40.2 Å². The smallest absolute Gasteiger partial charge is 0.327 e. The SMILES string of the molecule is C=C1C(=O)N[C@H](CC(C)C)C(=O)N[C@@H](CCSC)C(=O)N[C@@H](C(=O)O)[C@H](C)C(=O)N[C@@H](CCCN=C(N)N)C(=O)N[C@@H](/C=C/C(C)=C/[C@H](C)[C@H](Cc2ccccc2)OC)[C@H](C)C(=O)N[C@@H](C(=O)O)CCC(=O)N1C. The minimum Gasteiger partial charge on any atom is -0.480 e. The maximum absolute atomic E-state index is 14.4. The van der Waals surface area contributed by atoms with Crippen LogP contribution in [0, 0.1) is 23.7 Å². The highest BCUT2D eigenvalue weighted by molar-refractivity contribution is 7.98. The lowest BCUT2D eigenvalue weighted by Gasteiger charge is -2.28. The number of allylic oxidation sites excluding steroid dienone is 2. The molecule has 2 rings (SSSR count). The average Bonchev–Trinajstić information content (AvgIpc) is 3.34. The third-order valence-corrected chi connectivity index (χ3v) is 13.1. The Morgan fingerprint density at radius 2 is 1.45 bits per heavy atom. The highest BCUT2D eigenvalue weighted by Crippen LogP contribution is 2.19. The van der Waals surface area contributed by atoms with Gasteiger partial charge < -0.3 is 63.2 Å². The van der Waals surface area contributed by atoms with Crippen molar-refractivity contribution in [1.82, 2.24) is 36.8 Å². The molecule has 0 radical (unpaired) electrons. The number of methoxy groups -OCH3 is 1. The van der Waals surface area contributed by atoms with Crippen molar-refractivity contribution in [3.63, 3.8) is 0 Å². The Labute approximate surface area is 438 Å². The number of carboxylic acid groups (broad SMARTS) is 2. The molecule has 22 nitrogen and oxygen atoms in total. The van der Waals surface area contributed by atoms with Gasteiger partial charge in [-0.2, -0.15) is 11.8 Å². The summed E-state index contributed by atoms with van der Waals surface area (Å²) in [6.45, 7) is 13.7. The van der Waals surface area contributed by atoms with E-state index in [1.165, 1.54) is 38.7 Å². The zero-order valence-corrected chi connectivity index (χ0v) is 44.8. The largest absolute Gasteiger partial charge is 0.480 e. The Morgan fingerprint density at radius 3 is 2.03 bits per heavy atom. The molecule has 1 aliphatic rings. The highest BCUT2D eigenvalue weighted by atomic mass is 32.2. The van der Waals surface area contributed by atoms with Crippen molar-refractivity contribution in [2.75, 3.05) is 32.7 Å². The van der Waals surface area contributed by atoms with Crippen LogP contribution in [0.5, 0.6) is 0 Å².